The van der Waals surface area contributed by atoms with Crippen LogP contribution in [0.15, 0.2) is 48.1 Å². The molecule has 2 amide bonds. The van der Waals surface area contributed by atoms with Gasteiger partial charge in [-0.05, 0) is 0 Å². The van der Waals surface area contributed by atoms with E-state index in [1.54, 1.807) is 0 Å². The van der Waals surface area contributed by atoms with Gasteiger partial charge in [0.2, 0.25) is 0 Å². The number of allylic oxidation sites excluding steroid dienone is 7. The van der Waals surface area contributed by atoms with Gasteiger partial charge in [0.1, 0.15) is 0 Å². The van der Waals surface area contributed by atoms with Crippen molar-refractivity contribution in [3.05, 3.63) is 48.1 Å². The first-order valence-electron chi connectivity index (χ1n) is 14.6. The SMILES string of the molecule is C=C(C)/C=C\C(CC)C(/C=C\C1=CC[C@@H](C)[C@@H](I(C)NCC23CC(C)(CN2C(=O)CNC(=O)OC)C3)C1)CC. The van der Waals surface area contributed by atoms with E-state index in [4.69, 9.17) is 0 Å². The number of alkyl halides is 2. The van der Waals surface area contributed by atoms with Gasteiger partial charge in [-0.15, -0.1) is 0 Å². The number of methoxy groups -OCH3 is 1. The molecule has 2 aliphatic carbocycles. The van der Waals surface area contributed by atoms with Gasteiger partial charge >= 0.3 is 246 Å². The van der Waals surface area contributed by atoms with Crippen molar-refractivity contribution in [2.24, 2.45) is 23.2 Å². The van der Waals surface area contributed by atoms with Crippen LogP contribution < -0.4 is 8.85 Å². The molecule has 1 saturated carbocycles. The fourth-order valence-electron chi connectivity index (χ4n) is 6.87. The summed E-state index contributed by atoms with van der Waals surface area (Å²) in [6, 6.07) is 0. The Morgan fingerprint density at radius 2 is 1.92 bits per heavy atom. The normalized spacial score (nSPS) is 30.1. The van der Waals surface area contributed by atoms with Crippen LogP contribution in [0.25, 0.3) is 0 Å². The maximum absolute atomic E-state index is 13.0. The number of nitrogens with one attached hydrogen (secondary N) is 2. The Balaban J connectivity index is 1.59. The number of ether oxygens (including phenoxy) is 1. The molecule has 0 radical (unpaired) electrons. The first kappa shape index (κ1) is 31.9. The topological polar surface area (TPSA) is 70.7 Å². The van der Waals surface area contributed by atoms with E-state index in [1.165, 1.54) is 12.7 Å². The van der Waals surface area contributed by atoms with Crippen molar-refractivity contribution in [1.29, 1.82) is 0 Å². The zero-order valence-electron chi connectivity index (χ0n) is 25.3. The first-order valence-corrected chi connectivity index (χ1v) is 19.1. The number of halogens is 1. The quantitative estimate of drug-likeness (QED) is 0.0990. The van der Waals surface area contributed by atoms with E-state index < -0.39 is 26.2 Å². The minimum absolute atomic E-state index is 0.000271. The number of amides is 2. The van der Waals surface area contributed by atoms with Crippen LogP contribution in [0.5, 0.6) is 0 Å². The number of fused-ring (bicyclic) bond motifs is 1. The predicted molar refractivity (Wildman–Crippen MR) is 171 cm³/mol. The third-order valence-corrected chi connectivity index (χ3v) is 14.7. The molecule has 2 N–H and O–H groups in total. The molecule has 4 aliphatic rings. The molecule has 2 saturated heterocycles. The van der Waals surface area contributed by atoms with Gasteiger partial charge in [0.05, 0.1) is 0 Å². The second-order valence-corrected chi connectivity index (χ2v) is 17.8. The molecule has 6 nitrogen and oxygen atoms in total. The number of carbonyl (C=O) groups is 2. The van der Waals surface area contributed by atoms with Crippen LogP contribution in [0.4, 0.5) is 4.79 Å². The van der Waals surface area contributed by atoms with Gasteiger partial charge in [0.25, 0.3) is 0 Å². The van der Waals surface area contributed by atoms with Crippen molar-refractivity contribution in [3.63, 3.8) is 0 Å². The van der Waals surface area contributed by atoms with Gasteiger partial charge in [-0.3, -0.25) is 0 Å². The molecule has 0 aromatic rings. The number of hydrogen-bond acceptors (Lipinski definition) is 4. The van der Waals surface area contributed by atoms with Crippen LogP contribution in [0, 0.1) is 23.2 Å². The van der Waals surface area contributed by atoms with Crippen LogP contribution in [0.3, 0.4) is 0 Å². The van der Waals surface area contributed by atoms with Gasteiger partial charge in [0, 0.05) is 0 Å². The van der Waals surface area contributed by atoms with E-state index in [2.05, 4.69) is 90.1 Å². The molecule has 220 valence electrons. The van der Waals surface area contributed by atoms with E-state index in [9.17, 15) is 9.59 Å². The Bertz CT molecular complexity index is 981. The van der Waals surface area contributed by atoms with Gasteiger partial charge in [-0.25, -0.2) is 0 Å². The average Bonchev–Trinajstić information content (AvgIpc) is 3.36. The number of nitrogens with zero attached hydrogens (tertiary/aromatic N) is 1. The second-order valence-electron chi connectivity index (χ2n) is 12.5. The molecule has 4 rings (SSSR count). The molecular weight excluding hydrogens is 601 g/mol. The fourth-order valence-corrected chi connectivity index (χ4v) is 12.1. The summed E-state index contributed by atoms with van der Waals surface area (Å²) < 4.78 is 9.36. The molecule has 4 atom stereocenters. The van der Waals surface area contributed by atoms with Crippen LogP contribution >= 0.6 is 20.1 Å². The molecule has 7 heteroatoms. The number of hydrogen-bond donors (Lipinski definition) is 2. The average molecular weight is 654 g/mol. The molecule has 3 fully saturated rings. The molecular formula is C32H52IN3O3. The Morgan fingerprint density at radius 3 is 2.54 bits per heavy atom. The molecule has 0 aromatic carbocycles. The summed E-state index contributed by atoms with van der Waals surface area (Å²) in [6.07, 6.45) is 17.9. The fraction of sp³-hybridized carbons (Fsp3) is 0.688. The second kappa shape index (κ2) is 13.8. The Kier molecular flexibility index (Phi) is 11.3. The summed E-state index contributed by atoms with van der Waals surface area (Å²) in [7, 11) is 1.32. The molecule has 0 aromatic heterocycles. The Labute approximate surface area is 244 Å². The van der Waals surface area contributed by atoms with Crippen molar-refractivity contribution < 1.29 is 14.3 Å². The summed E-state index contributed by atoms with van der Waals surface area (Å²) in [5.74, 6) is 1.77. The summed E-state index contributed by atoms with van der Waals surface area (Å²) in [6.45, 7) is 17.0. The van der Waals surface area contributed by atoms with E-state index in [0.717, 1.165) is 57.2 Å². The van der Waals surface area contributed by atoms with E-state index in [0.29, 0.717) is 21.7 Å². The number of rotatable bonds is 13. The van der Waals surface area contributed by atoms with Crippen molar-refractivity contribution in [2.75, 3.05) is 31.7 Å². The molecule has 2 bridgehead atoms. The minimum atomic E-state index is -1.46. The van der Waals surface area contributed by atoms with E-state index in [-0.39, 0.29) is 23.4 Å². The summed E-state index contributed by atoms with van der Waals surface area (Å²) in [5.41, 5.74) is 2.70. The van der Waals surface area contributed by atoms with Gasteiger partial charge in [0.15, 0.2) is 0 Å². The molecule has 39 heavy (non-hydrogen) atoms. The van der Waals surface area contributed by atoms with Gasteiger partial charge in [-0.1, -0.05) is 0 Å². The van der Waals surface area contributed by atoms with E-state index >= 15 is 0 Å². The zero-order valence-corrected chi connectivity index (χ0v) is 27.5. The summed E-state index contributed by atoms with van der Waals surface area (Å²) >= 11 is -1.46. The van der Waals surface area contributed by atoms with E-state index in [1.807, 2.05) is 4.90 Å². The van der Waals surface area contributed by atoms with Crippen LogP contribution in [-0.4, -0.2) is 58.0 Å². The number of alkyl carbamates (subject to hydrolysis) is 1. The third-order valence-electron chi connectivity index (χ3n) is 9.00. The predicted octanol–water partition coefficient (Wildman–Crippen LogP) is 6.83. The zero-order chi connectivity index (χ0) is 28.8. The number of carbonyl (C=O) groups excluding carboxylic acids is 2. The molecule has 2 aliphatic heterocycles. The van der Waals surface area contributed by atoms with Crippen LogP contribution in [0.2, 0.25) is 0 Å². The van der Waals surface area contributed by atoms with Crippen LogP contribution in [0.1, 0.15) is 73.1 Å². The monoisotopic (exact) mass is 653 g/mol. The summed E-state index contributed by atoms with van der Waals surface area (Å²) in [4.78, 5) is 29.0. The standard InChI is InChI=1S/C32H52IN3O3/c1-9-26(15-11-23(3)4)27(10-2)16-14-25-13-12-24(5)28(17-25)33(7)35-21-32-19-31(6,20-32)22-36(32)29(37)18-34-30(38)39-8/h11,13-16,24,26-28,35H,3,9-10,12,17-22H2,1-2,4-8H3,(H,34,38)/b15-11-,16-14-/t24-,26?,27?,28+,31?,32?/m1/s1. The third kappa shape index (κ3) is 7.99. The Morgan fingerprint density at radius 1 is 1.26 bits per heavy atom. The van der Waals surface area contributed by atoms with Crippen molar-refractivity contribution >= 4 is 32.1 Å². The van der Waals surface area contributed by atoms with Gasteiger partial charge in [-0.2, -0.15) is 0 Å². The summed E-state index contributed by atoms with van der Waals surface area (Å²) in [5, 5.41) is 2.57. The van der Waals surface area contributed by atoms with Crippen LogP contribution in [-0.2, 0) is 9.53 Å². The van der Waals surface area contributed by atoms with Crippen molar-refractivity contribution in [2.45, 2.75) is 82.6 Å². The molecule has 2 heterocycles. The first-order chi connectivity index (χ1) is 18.5. The van der Waals surface area contributed by atoms with Gasteiger partial charge < -0.3 is 0 Å². The maximum atomic E-state index is 13.0. The Hall–Kier alpha value is -1.61. The van der Waals surface area contributed by atoms with Crippen molar-refractivity contribution in [1.82, 2.24) is 13.7 Å². The van der Waals surface area contributed by atoms with Crippen molar-refractivity contribution in [3.8, 4) is 0 Å². The molecule has 0 spiro atoms. The molecule has 2 unspecified atom stereocenters.